The Balaban J connectivity index is 2.00. The van der Waals surface area contributed by atoms with Crippen LogP contribution in [-0.4, -0.2) is 27.9 Å². The lowest BCUT2D eigenvalue weighted by Crippen LogP contribution is -2.27. The molecule has 1 saturated carbocycles. The van der Waals surface area contributed by atoms with E-state index in [1.165, 1.54) is 32.1 Å². The van der Waals surface area contributed by atoms with Crippen LogP contribution < -0.4 is 5.32 Å². The van der Waals surface area contributed by atoms with Crippen molar-refractivity contribution in [3.05, 3.63) is 12.2 Å². The van der Waals surface area contributed by atoms with Crippen molar-refractivity contribution in [2.45, 2.75) is 64.5 Å². The molecule has 0 aliphatic heterocycles. The molecular weight excluding hydrogens is 224 g/mol. The third kappa shape index (κ3) is 3.31. The Kier molecular flexibility index (Phi) is 4.75. The van der Waals surface area contributed by atoms with Gasteiger partial charge in [-0.05, 0) is 46.1 Å². The first-order valence-corrected chi connectivity index (χ1v) is 7.26. The van der Waals surface area contributed by atoms with Crippen molar-refractivity contribution in [1.82, 2.24) is 20.1 Å². The van der Waals surface area contributed by atoms with Crippen molar-refractivity contribution in [3.63, 3.8) is 0 Å². The molecule has 1 N–H and O–H groups in total. The van der Waals surface area contributed by atoms with E-state index in [0.29, 0.717) is 12.1 Å². The first-order valence-electron chi connectivity index (χ1n) is 7.26. The predicted molar refractivity (Wildman–Crippen MR) is 73.5 cm³/mol. The van der Waals surface area contributed by atoms with Gasteiger partial charge < -0.3 is 5.32 Å². The number of rotatable bonds is 4. The zero-order chi connectivity index (χ0) is 13.0. The minimum Gasteiger partial charge on any atom is -0.317 e. The Morgan fingerprint density at radius 1 is 1.39 bits per heavy atom. The Morgan fingerprint density at radius 2 is 2.17 bits per heavy atom. The van der Waals surface area contributed by atoms with Crippen LogP contribution in [0.1, 0.15) is 57.8 Å². The van der Waals surface area contributed by atoms with E-state index in [1.807, 2.05) is 0 Å². The SMILES string of the molecule is CNC1CCCCC(Cc2ncnn2C(C)C)C1. The van der Waals surface area contributed by atoms with Crippen molar-refractivity contribution in [3.8, 4) is 0 Å². The molecule has 1 aliphatic rings. The molecule has 2 unspecified atom stereocenters. The fraction of sp³-hybridized carbons (Fsp3) is 0.857. The van der Waals surface area contributed by atoms with Crippen LogP contribution in [-0.2, 0) is 6.42 Å². The molecule has 0 amide bonds. The Bertz CT molecular complexity index is 358. The summed E-state index contributed by atoms with van der Waals surface area (Å²) in [6.45, 7) is 4.34. The van der Waals surface area contributed by atoms with E-state index < -0.39 is 0 Å². The zero-order valence-corrected chi connectivity index (χ0v) is 11.9. The number of hydrogen-bond acceptors (Lipinski definition) is 3. The molecule has 1 aromatic heterocycles. The molecule has 102 valence electrons. The molecule has 0 radical (unpaired) electrons. The van der Waals surface area contributed by atoms with Crippen molar-refractivity contribution in [2.75, 3.05) is 7.05 Å². The Labute approximate surface area is 110 Å². The van der Waals surface area contributed by atoms with Gasteiger partial charge in [-0.3, -0.25) is 0 Å². The molecule has 18 heavy (non-hydrogen) atoms. The lowest BCUT2D eigenvalue weighted by atomic mass is 9.94. The number of aromatic nitrogens is 3. The highest BCUT2D eigenvalue weighted by Gasteiger charge is 2.21. The summed E-state index contributed by atoms with van der Waals surface area (Å²) >= 11 is 0. The highest BCUT2D eigenvalue weighted by Crippen LogP contribution is 2.26. The molecular formula is C14H26N4. The molecule has 1 aromatic rings. The van der Waals surface area contributed by atoms with E-state index in [1.54, 1.807) is 6.33 Å². The minimum absolute atomic E-state index is 0.411. The summed E-state index contributed by atoms with van der Waals surface area (Å²) < 4.78 is 2.07. The van der Waals surface area contributed by atoms with E-state index in [2.05, 4.69) is 41.0 Å². The van der Waals surface area contributed by atoms with Crippen molar-refractivity contribution >= 4 is 0 Å². The average molecular weight is 250 g/mol. The highest BCUT2D eigenvalue weighted by molar-refractivity contribution is 4.90. The topological polar surface area (TPSA) is 42.7 Å². The van der Waals surface area contributed by atoms with Gasteiger partial charge in [-0.15, -0.1) is 0 Å². The molecule has 0 aromatic carbocycles. The van der Waals surface area contributed by atoms with Gasteiger partial charge in [0.25, 0.3) is 0 Å². The lowest BCUT2D eigenvalue weighted by molar-refractivity contribution is 0.381. The van der Waals surface area contributed by atoms with Gasteiger partial charge >= 0.3 is 0 Å². The summed E-state index contributed by atoms with van der Waals surface area (Å²) in [6, 6.07) is 1.10. The van der Waals surface area contributed by atoms with Crippen LogP contribution in [0.15, 0.2) is 6.33 Å². The smallest absolute Gasteiger partial charge is 0.138 e. The van der Waals surface area contributed by atoms with E-state index in [-0.39, 0.29) is 0 Å². The quantitative estimate of drug-likeness (QED) is 0.835. The van der Waals surface area contributed by atoms with E-state index in [4.69, 9.17) is 0 Å². The van der Waals surface area contributed by atoms with Crippen LogP contribution >= 0.6 is 0 Å². The van der Waals surface area contributed by atoms with E-state index >= 15 is 0 Å². The summed E-state index contributed by atoms with van der Waals surface area (Å²) in [4.78, 5) is 4.44. The maximum atomic E-state index is 4.44. The molecule has 1 aliphatic carbocycles. The third-order valence-corrected chi connectivity index (χ3v) is 4.05. The van der Waals surface area contributed by atoms with Crippen LogP contribution in [0.25, 0.3) is 0 Å². The molecule has 0 bridgehead atoms. The largest absolute Gasteiger partial charge is 0.317 e. The van der Waals surface area contributed by atoms with Gasteiger partial charge in [0.15, 0.2) is 0 Å². The standard InChI is InChI=1S/C14H26N4/c1-11(2)18-14(16-10-17-18)9-12-6-4-5-7-13(8-12)15-3/h10-13,15H,4-9H2,1-3H3. The number of hydrogen-bond donors (Lipinski definition) is 1. The van der Waals surface area contributed by atoms with Gasteiger partial charge in [-0.25, -0.2) is 9.67 Å². The molecule has 1 fully saturated rings. The fourth-order valence-electron chi connectivity index (χ4n) is 3.02. The predicted octanol–water partition coefficient (Wildman–Crippen LogP) is 2.57. The van der Waals surface area contributed by atoms with Gasteiger partial charge in [-0.1, -0.05) is 12.8 Å². The Morgan fingerprint density at radius 3 is 2.89 bits per heavy atom. The summed E-state index contributed by atoms with van der Waals surface area (Å²) in [5, 5.41) is 7.78. The average Bonchev–Trinajstić information content (AvgIpc) is 2.68. The second kappa shape index (κ2) is 6.32. The second-order valence-electron chi connectivity index (χ2n) is 5.79. The normalized spacial score (nSPS) is 25.3. The zero-order valence-electron chi connectivity index (χ0n) is 11.9. The van der Waals surface area contributed by atoms with Crippen molar-refractivity contribution in [2.24, 2.45) is 5.92 Å². The minimum atomic E-state index is 0.411. The van der Waals surface area contributed by atoms with Crippen molar-refractivity contribution < 1.29 is 0 Å². The monoisotopic (exact) mass is 250 g/mol. The van der Waals surface area contributed by atoms with Gasteiger partial charge in [-0.2, -0.15) is 5.10 Å². The maximum absolute atomic E-state index is 4.44. The van der Waals surface area contributed by atoms with Gasteiger partial charge in [0.05, 0.1) is 0 Å². The first-order chi connectivity index (χ1) is 8.70. The third-order valence-electron chi connectivity index (χ3n) is 4.05. The van der Waals surface area contributed by atoms with Gasteiger partial charge in [0.1, 0.15) is 12.2 Å². The summed E-state index contributed by atoms with van der Waals surface area (Å²) in [6.07, 6.45) is 9.43. The number of nitrogens with zero attached hydrogens (tertiary/aromatic N) is 3. The van der Waals surface area contributed by atoms with Crippen LogP contribution in [0.4, 0.5) is 0 Å². The van der Waals surface area contributed by atoms with E-state index in [9.17, 15) is 0 Å². The highest BCUT2D eigenvalue weighted by atomic mass is 15.3. The number of nitrogens with one attached hydrogen (secondary N) is 1. The van der Waals surface area contributed by atoms with Crippen LogP contribution in [0.3, 0.4) is 0 Å². The first kappa shape index (κ1) is 13.5. The lowest BCUT2D eigenvalue weighted by Gasteiger charge is -2.20. The fourth-order valence-corrected chi connectivity index (χ4v) is 3.02. The molecule has 1 heterocycles. The Hall–Kier alpha value is -0.900. The molecule has 2 atom stereocenters. The molecule has 0 saturated heterocycles. The van der Waals surface area contributed by atoms with Gasteiger partial charge in [0, 0.05) is 18.5 Å². The van der Waals surface area contributed by atoms with Crippen molar-refractivity contribution in [1.29, 1.82) is 0 Å². The molecule has 2 rings (SSSR count). The maximum Gasteiger partial charge on any atom is 0.138 e. The van der Waals surface area contributed by atoms with E-state index in [0.717, 1.165) is 18.2 Å². The molecule has 0 spiro atoms. The van der Waals surface area contributed by atoms with Gasteiger partial charge in [0.2, 0.25) is 0 Å². The summed E-state index contributed by atoms with van der Waals surface area (Å²) in [5.41, 5.74) is 0. The summed E-state index contributed by atoms with van der Waals surface area (Å²) in [5.74, 6) is 1.92. The second-order valence-corrected chi connectivity index (χ2v) is 5.79. The van der Waals surface area contributed by atoms with Crippen LogP contribution in [0.2, 0.25) is 0 Å². The van der Waals surface area contributed by atoms with Crippen LogP contribution in [0, 0.1) is 5.92 Å². The summed E-state index contributed by atoms with van der Waals surface area (Å²) in [7, 11) is 2.09. The molecule has 4 nitrogen and oxygen atoms in total. The van der Waals surface area contributed by atoms with Crippen LogP contribution in [0.5, 0.6) is 0 Å². The molecule has 4 heteroatoms.